The molecule has 0 aliphatic heterocycles. The number of hydroxylamine groups is 4. The Morgan fingerprint density at radius 1 is 0.675 bits per heavy atom. The second-order valence-electron chi connectivity index (χ2n) is 10.7. The van der Waals surface area contributed by atoms with Gasteiger partial charge in [-0.15, -0.1) is 0 Å². The summed E-state index contributed by atoms with van der Waals surface area (Å²) in [6.07, 6.45) is 6.44. The minimum Gasteiger partial charge on any atom is -0.497 e. The molecule has 0 bridgehead atoms. The van der Waals surface area contributed by atoms with Gasteiger partial charge in [0.2, 0.25) is 11.8 Å². The molecule has 2 aliphatic carbocycles. The van der Waals surface area contributed by atoms with Crippen molar-refractivity contribution in [3.63, 3.8) is 0 Å². The molecule has 2 saturated carbocycles. The first-order valence-corrected chi connectivity index (χ1v) is 14.2. The highest BCUT2D eigenvalue weighted by Gasteiger charge is 2.37. The summed E-state index contributed by atoms with van der Waals surface area (Å²) in [5.41, 5.74) is 1.36. The van der Waals surface area contributed by atoms with E-state index in [0.29, 0.717) is 48.6 Å². The van der Waals surface area contributed by atoms with Gasteiger partial charge < -0.3 is 30.5 Å². The SMILES string of the molecule is COc1ccc(NC(=O)C2CCCCC2N(O)CCN(O)C2CCCCC2C(=O)Nc2ccc(OC)cc2)cc1. The standard InChI is InChI=1S/C30H42N4O6/c1-39-23-15-11-21(12-16-23)31-29(35)25-7-3-5-9-27(25)33(37)19-20-34(38)28-10-6-4-8-26(28)30(36)32-22-13-17-24(40-2)18-14-22/h11-18,25-28,37-38H,3-10,19-20H2,1-2H3,(H,31,35)(H,32,36). The number of hydrogen-bond donors (Lipinski definition) is 4. The van der Waals surface area contributed by atoms with Crippen LogP contribution < -0.4 is 20.1 Å². The molecular formula is C30H42N4O6. The van der Waals surface area contributed by atoms with Crippen LogP contribution in [0.3, 0.4) is 0 Å². The topological polar surface area (TPSA) is 124 Å². The molecule has 2 aromatic rings. The van der Waals surface area contributed by atoms with Crippen molar-refractivity contribution in [2.75, 3.05) is 37.9 Å². The Morgan fingerprint density at radius 2 is 1.02 bits per heavy atom. The molecule has 0 aromatic heterocycles. The molecule has 0 heterocycles. The average molecular weight is 555 g/mol. The van der Waals surface area contributed by atoms with Crippen molar-refractivity contribution in [3.8, 4) is 11.5 Å². The molecule has 2 aromatic carbocycles. The van der Waals surface area contributed by atoms with Gasteiger partial charge in [0, 0.05) is 36.5 Å². The Balaban J connectivity index is 1.32. The molecule has 0 saturated heterocycles. The van der Waals surface area contributed by atoms with Crippen molar-refractivity contribution in [2.45, 2.75) is 63.5 Å². The van der Waals surface area contributed by atoms with Crippen LogP contribution in [-0.2, 0) is 9.59 Å². The molecule has 0 spiro atoms. The van der Waals surface area contributed by atoms with Crippen molar-refractivity contribution >= 4 is 23.2 Å². The van der Waals surface area contributed by atoms with Crippen LogP contribution in [0.15, 0.2) is 48.5 Å². The number of carbonyl (C=O) groups excluding carboxylic acids is 2. The predicted molar refractivity (Wildman–Crippen MR) is 152 cm³/mol. The van der Waals surface area contributed by atoms with Crippen LogP contribution in [-0.4, -0.2) is 71.7 Å². The average Bonchev–Trinajstić information content (AvgIpc) is 3.00. The third kappa shape index (κ3) is 7.72. The maximum atomic E-state index is 13.1. The second kappa shape index (κ2) is 14.5. The van der Waals surface area contributed by atoms with E-state index in [2.05, 4.69) is 10.6 Å². The number of methoxy groups -OCH3 is 2. The summed E-state index contributed by atoms with van der Waals surface area (Å²) in [5, 5.41) is 30.3. The molecule has 0 radical (unpaired) electrons. The summed E-state index contributed by atoms with van der Waals surface area (Å²) in [5.74, 6) is 0.426. The normalized spacial score (nSPS) is 23.1. The third-order valence-electron chi connectivity index (χ3n) is 8.17. The number of carbonyl (C=O) groups is 2. The molecule has 40 heavy (non-hydrogen) atoms. The summed E-state index contributed by atoms with van der Waals surface area (Å²) in [6, 6.07) is 13.6. The summed E-state index contributed by atoms with van der Waals surface area (Å²) in [6.45, 7) is 0.327. The van der Waals surface area contributed by atoms with Gasteiger partial charge in [0.15, 0.2) is 0 Å². The minimum atomic E-state index is -0.370. The number of rotatable bonds is 11. The fourth-order valence-corrected chi connectivity index (χ4v) is 5.90. The van der Waals surface area contributed by atoms with Gasteiger partial charge in [-0.2, -0.15) is 10.1 Å². The fourth-order valence-electron chi connectivity index (χ4n) is 5.90. The van der Waals surface area contributed by atoms with Gasteiger partial charge in [-0.25, -0.2) is 0 Å². The Morgan fingerprint density at radius 3 is 1.38 bits per heavy atom. The van der Waals surface area contributed by atoms with Gasteiger partial charge in [-0.1, -0.05) is 25.7 Å². The Labute approximate surface area is 236 Å². The minimum absolute atomic E-state index is 0.127. The summed E-state index contributed by atoms with van der Waals surface area (Å²) in [4.78, 5) is 26.3. The molecule has 10 heteroatoms. The van der Waals surface area contributed by atoms with E-state index in [1.807, 2.05) is 0 Å². The highest BCUT2D eigenvalue weighted by molar-refractivity contribution is 5.93. The van der Waals surface area contributed by atoms with Gasteiger partial charge in [0.25, 0.3) is 0 Å². The molecule has 2 amide bonds. The van der Waals surface area contributed by atoms with Crippen molar-refractivity contribution in [1.82, 2.24) is 10.1 Å². The first kappa shape index (κ1) is 29.8. The quantitative estimate of drug-likeness (QED) is 0.293. The Kier molecular flexibility index (Phi) is 10.8. The van der Waals surface area contributed by atoms with Crippen molar-refractivity contribution in [3.05, 3.63) is 48.5 Å². The van der Waals surface area contributed by atoms with E-state index in [1.54, 1.807) is 62.8 Å². The maximum absolute atomic E-state index is 13.1. The van der Waals surface area contributed by atoms with Crippen LogP contribution in [0, 0.1) is 11.8 Å². The fraction of sp³-hybridized carbons (Fsp3) is 0.533. The lowest BCUT2D eigenvalue weighted by atomic mass is 9.83. The molecule has 4 N–H and O–H groups in total. The van der Waals surface area contributed by atoms with E-state index in [9.17, 15) is 20.0 Å². The van der Waals surface area contributed by atoms with Crippen LogP contribution in [0.1, 0.15) is 51.4 Å². The first-order valence-electron chi connectivity index (χ1n) is 14.2. The van der Waals surface area contributed by atoms with Crippen LogP contribution in [0.5, 0.6) is 11.5 Å². The van der Waals surface area contributed by atoms with E-state index >= 15 is 0 Å². The number of benzene rings is 2. The maximum Gasteiger partial charge on any atom is 0.229 e. The van der Waals surface area contributed by atoms with Crippen LogP contribution in [0.2, 0.25) is 0 Å². The van der Waals surface area contributed by atoms with E-state index in [0.717, 1.165) is 25.7 Å². The first-order chi connectivity index (χ1) is 19.4. The lowest BCUT2D eigenvalue weighted by Gasteiger charge is -2.38. The number of amides is 2. The van der Waals surface area contributed by atoms with Crippen molar-refractivity contribution < 1.29 is 29.5 Å². The lowest BCUT2D eigenvalue weighted by Crippen LogP contribution is -2.50. The number of hydrogen-bond acceptors (Lipinski definition) is 8. The second-order valence-corrected chi connectivity index (χ2v) is 10.7. The van der Waals surface area contributed by atoms with Crippen molar-refractivity contribution in [2.24, 2.45) is 11.8 Å². The zero-order valence-electron chi connectivity index (χ0n) is 23.4. The largest absolute Gasteiger partial charge is 0.497 e. The van der Waals surface area contributed by atoms with Crippen molar-refractivity contribution in [1.29, 1.82) is 0 Å². The zero-order chi connectivity index (χ0) is 28.5. The summed E-state index contributed by atoms with van der Waals surface area (Å²) >= 11 is 0. The van der Waals surface area contributed by atoms with Crippen LogP contribution >= 0.6 is 0 Å². The molecule has 2 fully saturated rings. The highest BCUT2D eigenvalue weighted by atomic mass is 16.5. The van der Waals surface area contributed by atoms with Gasteiger partial charge >= 0.3 is 0 Å². The zero-order valence-corrected chi connectivity index (χ0v) is 23.4. The van der Waals surface area contributed by atoms with Crippen LogP contribution in [0.25, 0.3) is 0 Å². The number of anilines is 2. The highest BCUT2D eigenvalue weighted by Crippen LogP contribution is 2.31. The lowest BCUT2D eigenvalue weighted by molar-refractivity contribution is -0.192. The molecule has 2 aliphatic rings. The monoisotopic (exact) mass is 554 g/mol. The van der Waals surface area contributed by atoms with E-state index in [-0.39, 0.29) is 48.8 Å². The Bertz CT molecular complexity index is 1010. The van der Waals surface area contributed by atoms with Gasteiger partial charge in [-0.05, 0) is 74.2 Å². The van der Waals surface area contributed by atoms with Gasteiger partial charge in [-0.3, -0.25) is 9.59 Å². The third-order valence-corrected chi connectivity index (χ3v) is 8.17. The molecule has 218 valence electrons. The number of ether oxygens (including phenoxy) is 2. The van der Waals surface area contributed by atoms with E-state index < -0.39 is 0 Å². The van der Waals surface area contributed by atoms with E-state index in [4.69, 9.17) is 9.47 Å². The molecule has 4 rings (SSSR count). The smallest absolute Gasteiger partial charge is 0.229 e. The predicted octanol–water partition coefficient (Wildman–Crippen LogP) is 4.78. The summed E-state index contributed by atoms with van der Waals surface area (Å²) < 4.78 is 10.4. The molecular weight excluding hydrogens is 512 g/mol. The Hall–Kier alpha value is -3.18. The molecule has 4 atom stereocenters. The number of nitrogens with zero attached hydrogens (tertiary/aromatic N) is 2. The van der Waals surface area contributed by atoms with Gasteiger partial charge in [0.1, 0.15) is 11.5 Å². The summed E-state index contributed by atoms with van der Waals surface area (Å²) in [7, 11) is 3.19. The molecule has 10 nitrogen and oxygen atoms in total. The van der Waals surface area contributed by atoms with E-state index in [1.165, 1.54) is 10.1 Å². The number of nitrogens with one attached hydrogen (secondary N) is 2. The molecule has 4 unspecified atom stereocenters. The van der Waals surface area contributed by atoms with Crippen LogP contribution in [0.4, 0.5) is 11.4 Å². The van der Waals surface area contributed by atoms with Gasteiger partial charge in [0.05, 0.1) is 26.1 Å².